The van der Waals surface area contributed by atoms with Gasteiger partial charge in [0.1, 0.15) is 17.5 Å². The van der Waals surface area contributed by atoms with Gasteiger partial charge in [-0.05, 0) is 56.0 Å². The number of nitrogens with one attached hydrogen (secondary N) is 2. The molecule has 3 aromatic rings. The van der Waals surface area contributed by atoms with Crippen LogP contribution in [0.15, 0.2) is 41.5 Å². The number of pyridine rings is 3. The molecule has 0 spiro atoms. The highest BCUT2D eigenvalue weighted by Crippen LogP contribution is 2.33. The van der Waals surface area contributed by atoms with Gasteiger partial charge in [0.15, 0.2) is 6.10 Å². The summed E-state index contributed by atoms with van der Waals surface area (Å²) in [4.78, 5) is 21.4. The van der Waals surface area contributed by atoms with Gasteiger partial charge in [-0.25, -0.2) is 9.97 Å². The first kappa shape index (κ1) is 23.5. The van der Waals surface area contributed by atoms with Crippen LogP contribution in [0, 0.1) is 0 Å². The Hall–Kier alpha value is -3.18. The van der Waals surface area contributed by atoms with Crippen molar-refractivity contribution in [2.75, 3.05) is 17.2 Å². The number of nitrogens with zero attached hydrogens (tertiary/aromatic N) is 3. The van der Waals surface area contributed by atoms with Crippen LogP contribution in [0.5, 0.6) is 0 Å². The molecule has 0 aliphatic rings. The van der Waals surface area contributed by atoms with Gasteiger partial charge in [-0.1, -0.05) is 0 Å². The van der Waals surface area contributed by atoms with Crippen molar-refractivity contribution in [3.63, 3.8) is 0 Å². The molecule has 0 saturated heterocycles. The summed E-state index contributed by atoms with van der Waals surface area (Å²) in [5.74, 6) is 0.573. The average molecular weight is 451 g/mol. The van der Waals surface area contributed by atoms with E-state index in [0.29, 0.717) is 10.8 Å². The minimum atomic E-state index is -4.81. The number of hydrogen-bond acceptors (Lipinski definition) is 7. The van der Waals surface area contributed by atoms with E-state index in [4.69, 9.17) is 0 Å². The van der Waals surface area contributed by atoms with Gasteiger partial charge in [0.05, 0.1) is 12.0 Å². The maximum Gasteiger partial charge on any atom is 0.418 e. The zero-order chi connectivity index (χ0) is 23.7. The monoisotopic (exact) mass is 451 g/mol. The van der Waals surface area contributed by atoms with Crippen molar-refractivity contribution in [1.82, 2.24) is 14.5 Å². The molecule has 0 aliphatic carbocycles. The number of aliphatic hydroxyl groups excluding tert-OH is 2. The predicted octanol–water partition coefficient (Wildman–Crippen LogP) is 3.33. The lowest BCUT2D eigenvalue weighted by Crippen LogP contribution is -2.29. The third-order valence-electron chi connectivity index (χ3n) is 4.46. The van der Waals surface area contributed by atoms with Crippen molar-refractivity contribution in [2.24, 2.45) is 0 Å². The molecule has 3 aromatic heterocycles. The van der Waals surface area contributed by atoms with Gasteiger partial charge in [-0.15, -0.1) is 0 Å². The molecule has 0 amide bonds. The van der Waals surface area contributed by atoms with Crippen LogP contribution in [-0.4, -0.2) is 43.1 Å². The SMILES string of the molecule is CC(C)(C)Nc1nc(Nc2cc(C(O)C(F)(F)F)ccn2)cc2ccn(CCO)c(=O)c12. The molecule has 1 unspecified atom stereocenters. The van der Waals surface area contributed by atoms with E-state index < -0.39 is 17.8 Å². The summed E-state index contributed by atoms with van der Waals surface area (Å²) >= 11 is 0. The van der Waals surface area contributed by atoms with Crippen molar-refractivity contribution in [3.05, 3.63) is 52.6 Å². The zero-order valence-electron chi connectivity index (χ0n) is 17.7. The summed E-state index contributed by atoms with van der Waals surface area (Å²) in [6.45, 7) is 5.59. The van der Waals surface area contributed by atoms with Gasteiger partial charge >= 0.3 is 6.18 Å². The maximum atomic E-state index is 12.9. The molecular formula is C21H24F3N5O3. The lowest BCUT2D eigenvalue weighted by atomic mass is 10.1. The molecule has 1 atom stereocenters. The minimum absolute atomic E-state index is 0.0491. The van der Waals surface area contributed by atoms with E-state index in [0.717, 1.165) is 18.3 Å². The quantitative estimate of drug-likeness (QED) is 0.455. The van der Waals surface area contributed by atoms with E-state index in [-0.39, 0.29) is 41.7 Å². The minimum Gasteiger partial charge on any atom is -0.395 e. The number of fused-ring (bicyclic) bond motifs is 1. The lowest BCUT2D eigenvalue weighted by molar-refractivity contribution is -0.206. The van der Waals surface area contributed by atoms with Crippen LogP contribution in [0.4, 0.5) is 30.6 Å². The van der Waals surface area contributed by atoms with Gasteiger partial charge in [0.25, 0.3) is 5.56 Å². The molecule has 32 heavy (non-hydrogen) atoms. The van der Waals surface area contributed by atoms with Crippen LogP contribution < -0.4 is 16.2 Å². The van der Waals surface area contributed by atoms with E-state index >= 15 is 0 Å². The number of anilines is 3. The molecule has 0 aliphatic heterocycles. The van der Waals surface area contributed by atoms with Crippen LogP contribution in [0.1, 0.15) is 32.4 Å². The van der Waals surface area contributed by atoms with Crippen LogP contribution in [-0.2, 0) is 6.54 Å². The second-order valence-electron chi connectivity index (χ2n) is 8.28. The Morgan fingerprint density at radius 2 is 1.88 bits per heavy atom. The summed E-state index contributed by atoms with van der Waals surface area (Å²) < 4.78 is 39.9. The summed E-state index contributed by atoms with van der Waals surface area (Å²) in [5.41, 5.74) is -1.15. The normalized spacial score (nSPS) is 13.2. The fourth-order valence-electron chi connectivity index (χ4n) is 3.10. The maximum absolute atomic E-state index is 12.9. The van der Waals surface area contributed by atoms with E-state index in [2.05, 4.69) is 20.6 Å². The Kier molecular flexibility index (Phi) is 6.42. The van der Waals surface area contributed by atoms with Gasteiger partial charge in [0.2, 0.25) is 0 Å². The molecule has 8 nitrogen and oxygen atoms in total. The average Bonchev–Trinajstić information content (AvgIpc) is 2.67. The smallest absolute Gasteiger partial charge is 0.395 e. The Bertz CT molecular complexity index is 1170. The van der Waals surface area contributed by atoms with Crippen molar-refractivity contribution >= 4 is 28.2 Å². The molecule has 0 fully saturated rings. The van der Waals surface area contributed by atoms with E-state index in [1.165, 1.54) is 4.57 Å². The van der Waals surface area contributed by atoms with Crippen LogP contribution in [0.3, 0.4) is 0 Å². The summed E-state index contributed by atoms with van der Waals surface area (Å²) in [7, 11) is 0. The first-order valence-corrected chi connectivity index (χ1v) is 9.80. The zero-order valence-corrected chi connectivity index (χ0v) is 17.7. The Morgan fingerprint density at radius 3 is 2.50 bits per heavy atom. The number of halogens is 3. The third kappa shape index (κ3) is 5.35. The Morgan fingerprint density at radius 1 is 1.16 bits per heavy atom. The highest BCUT2D eigenvalue weighted by molar-refractivity contribution is 5.93. The molecule has 11 heteroatoms. The molecular weight excluding hydrogens is 427 g/mol. The largest absolute Gasteiger partial charge is 0.418 e. The number of aromatic nitrogens is 3. The Labute approximate surface area is 181 Å². The van der Waals surface area contributed by atoms with Crippen LogP contribution >= 0.6 is 0 Å². The highest BCUT2D eigenvalue weighted by atomic mass is 19.4. The van der Waals surface area contributed by atoms with E-state index in [1.807, 2.05) is 20.8 Å². The van der Waals surface area contributed by atoms with Gasteiger partial charge in [-0.2, -0.15) is 13.2 Å². The highest BCUT2D eigenvalue weighted by Gasteiger charge is 2.39. The van der Waals surface area contributed by atoms with Gasteiger partial charge in [-0.3, -0.25) is 4.79 Å². The third-order valence-corrected chi connectivity index (χ3v) is 4.46. The molecule has 0 bridgehead atoms. The first-order valence-electron chi connectivity index (χ1n) is 9.80. The molecule has 0 saturated carbocycles. The van der Waals surface area contributed by atoms with Crippen molar-refractivity contribution in [1.29, 1.82) is 0 Å². The van der Waals surface area contributed by atoms with Crippen molar-refractivity contribution in [2.45, 2.75) is 45.1 Å². The van der Waals surface area contributed by atoms with E-state index in [1.54, 1.807) is 18.3 Å². The molecule has 172 valence electrons. The summed E-state index contributed by atoms with van der Waals surface area (Å²) in [6, 6.07) is 5.42. The van der Waals surface area contributed by atoms with Crippen LogP contribution in [0.2, 0.25) is 0 Å². The van der Waals surface area contributed by atoms with Crippen molar-refractivity contribution < 1.29 is 23.4 Å². The lowest BCUT2D eigenvalue weighted by Gasteiger charge is -2.23. The summed E-state index contributed by atoms with van der Waals surface area (Å²) in [5, 5.41) is 25.6. The number of alkyl halides is 3. The Balaban J connectivity index is 2.07. The van der Waals surface area contributed by atoms with Crippen molar-refractivity contribution in [3.8, 4) is 0 Å². The molecule has 3 heterocycles. The summed E-state index contributed by atoms with van der Waals surface area (Å²) in [6.07, 6.45) is -4.75. The van der Waals surface area contributed by atoms with E-state index in [9.17, 15) is 28.2 Å². The standard InChI is InChI=1S/C21H24F3N5O3/c1-20(2,3)28-18-16-12(5-7-29(8-9-30)19(16)32)10-15(27-18)26-14-11-13(4-6-25-14)17(31)21(22,23)24/h4-7,10-11,17,30-31H,8-9H2,1-3H3,(H2,25,26,27,28). The van der Waals surface area contributed by atoms with Crippen LogP contribution in [0.25, 0.3) is 10.8 Å². The molecule has 4 N–H and O–H groups in total. The van der Waals surface area contributed by atoms with Gasteiger partial charge < -0.3 is 25.4 Å². The predicted molar refractivity (Wildman–Crippen MR) is 115 cm³/mol. The molecule has 0 aromatic carbocycles. The first-order chi connectivity index (χ1) is 14.9. The molecule has 0 radical (unpaired) electrons. The fraction of sp³-hybridized carbons (Fsp3) is 0.381. The number of hydrogen-bond donors (Lipinski definition) is 4. The number of aliphatic hydroxyl groups is 2. The number of rotatable bonds is 6. The fourth-order valence-corrected chi connectivity index (χ4v) is 3.10. The second-order valence-corrected chi connectivity index (χ2v) is 8.28. The molecule has 3 rings (SSSR count). The van der Waals surface area contributed by atoms with Gasteiger partial charge in [0, 0.05) is 24.5 Å². The topological polar surface area (TPSA) is 112 Å². The second kappa shape index (κ2) is 8.75.